The van der Waals surface area contributed by atoms with Gasteiger partial charge in [-0.05, 0) is 72.4 Å². The van der Waals surface area contributed by atoms with E-state index in [4.69, 9.17) is 9.47 Å². The molecule has 0 spiro atoms. The molecule has 1 saturated carbocycles. The highest BCUT2D eigenvalue weighted by atomic mass is 16.6. The maximum Gasteiger partial charge on any atom is 0.331 e. The molecule has 7 N–H and O–H groups in total. The second-order valence-corrected chi connectivity index (χ2v) is 11.2. The van der Waals surface area contributed by atoms with Crippen LogP contribution in [0.25, 0.3) is 12.2 Å². The summed E-state index contributed by atoms with van der Waals surface area (Å²) < 4.78 is 10.8. The van der Waals surface area contributed by atoms with Gasteiger partial charge in [-0.3, -0.25) is 4.79 Å². The molecule has 3 aromatic rings. The van der Waals surface area contributed by atoms with Gasteiger partial charge in [0.25, 0.3) is 5.91 Å². The number of unbranched alkanes of at least 4 members (excludes halogenated alkanes) is 1. The predicted molar refractivity (Wildman–Crippen MR) is 170 cm³/mol. The highest BCUT2D eigenvalue weighted by Gasteiger charge is 2.52. The van der Waals surface area contributed by atoms with E-state index in [-0.39, 0.29) is 18.0 Å². The molecule has 0 aliphatic heterocycles. The number of aliphatic hydroxyl groups is 2. The number of esters is 2. The van der Waals surface area contributed by atoms with E-state index in [0.29, 0.717) is 17.5 Å². The van der Waals surface area contributed by atoms with E-state index in [1.165, 1.54) is 48.6 Å². The van der Waals surface area contributed by atoms with E-state index >= 15 is 0 Å². The van der Waals surface area contributed by atoms with E-state index in [0.717, 1.165) is 30.6 Å². The van der Waals surface area contributed by atoms with Gasteiger partial charge in [0.2, 0.25) is 0 Å². The lowest BCUT2D eigenvalue weighted by Gasteiger charge is -2.41. The van der Waals surface area contributed by atoms with Crippen molar-refractivity contribution in [2.24, 2.45) is 0 Å². The molecule has 0 saturated heterocycles. The molecule has 1 aliphatic rings. The summed E-state index contributed by atoms with van der Waals surface area (Å²) in [6, 6.07) is 17.6. The standard InChI is InChI=1S/C35H37NO11/c37-25-13-9-23(18-27(25)39)11-15-31(41)46-29-20-35(45,34(44)36-17-5-4-8-22-6-2-1-3-7-22)21-30(33(29)43)47-32(42)16-12-24-10-14-26(38)28(40)19-24/h1-3,6-7,9-16,18-19,29-30,33,37-40,43,45H,4-5,8,17,20-21H2,(H,36,44)/b15-11+,16-12?/t29-,30-,33-,35-/m1/s1. The first-order chi connectivity index (χ1) is 22.4. The van der Waals surface area contributed by atoms with Crippen molar-refractivity contribution < 1.29 is 54.5 Å². The first-order valence-electron chi connectivity index (χ1n) is 15.0. The topological polar surface area (TPSA) is 203 Å². The number of phenols is 4. The summed E-state index contributed by atoms with van der Waals surface area (Å²) in [6.07, 6.45) is 1.26. The van der Waals surface area contributed by atoms with Gasteiger partial charge in [0.1, 0.15) is 23.9 Å². The molecule has 47 heavy (non-hydrogen) atoms. The van der Waals surface area contributed by atoms with Crippen LogP contribution in [0.3, 0.4) is 0 Å². The lowest BCUT2D eigenvalue weighted by molar-refractivity contribution is -0.196. The smallest absolute Gasteiger partial charge is 0.331 e. The van der Waals surface area contributed by atoms with Crippen molar-refractivity contribution >= 4 is 30.0 Å². The molecule has 12 nitrogen and oxygen atoms in total. The number of amides is 1. The summed E-state index contributed by atoms with van der Waals surface area (Å²) in [7, 11) is 0. The van der Waals surface area contributed by atoms with Gasteiger partial charge in [-0.25, -0.2) is 9.59 Å². The molecule has 248 valence electrons. The Balaban J connectivity index is 1.44. The molecule has 0 unspecified atom stereocenters. The van der Waals surface area contributed by atoms with Crippen molar-refractivity contribution in [1.29, 1.82) is 0 Å². The lowest BCUT2D eigenvalue weighted by atomic mass is 9.78. The van der Waals surface area contributed by atoms with Crippen LogP contribution >= 0.6 is 0 Å². The maximum absolute atomic E-state index is 13.2. The molecule has 12 heteroatoms. The summed E-state index contributed by atoms with van der Waals surface area (Å²) in [5.74, 6) is -4.19. The molecule has 0 aromatic heterocycles. The van der Waals surface area contributed by atoms with Crippen molar-refractivity contribution in [2.45, 2.75) is 56.0 Å². The Morgan fingerprint density at radius 3 is 1.74 bits per heavy atom. The summed E-state index contributed by atoms with van der Waals surface area (Å²) >= 11 is 0. The van der Waals surface area contributed by atoms with Gasteiger partial charge in [0.05, 0.1) is 0 Å². The van der Waals surface area contributed by atoms with Crippen molar-refractivity contribution in [3.05, 3.63) is 95.6 Å². The summed E-state index contributed by atoms with van der Waals surface area (Å²) in [5.41, 5.74) is -0.316. The van der Waals surface area contributed by atoms with Crippen LogP contribution in [0.4, 0.5) is 0 Å². The Morgan fingerprint density at radius 2 is 1.26 bits per heavy atom. The first kappa shape index (κ1) is 34.5. The minimum Gasteiger partial charge on any atom is -0.504 e. The molecular weight excluding hydrogens is 610 g/mol. The van der Waals surface area contributed by atoms with Gasteiger partial charge < -0.3 is 45.4 Å². The summed E-state index contributed by atoms with van der Waals surface area (Å²) in [6.45, 7) is 0.246. The minimum atomic E-state index is -2.17. The molecule has 0 bridgehead atoms. The third-order valence-electron chi connectivity index (χ3n) is 7.64. The molecule has 4 rings (SSSR count). The number of phenolic OH excluding ortho intramolecular Hbond substituents is 4. The van der Waals surface area contributed by atoms with Gasteiger partial charge in [0, 0.05) is 31.5 Å². The van der Waals surface area contributed by atoms with Crippen LogP contribution in [0.15, 0.2) is 78.9 Å². The zero-order chi connectivity index (χ0) is 34.0. The monoisotopic (exact) mass is 647 g/mol. The number of carbonyl (C=O) groups is 3. The zero-order valence-corrected chi connectivity index (χ0v) is 25.4. The third-order valence-corrected chi connectivity index (χ3v) is 7.64. The van der Waals surface area contributed by atoms with Crippen LogP contribution < -0.4 is 5.32 Å². The Hall–Kier alpha value is -5.33. The highest BCUT2D eigenvalue weighted by molar-refractivity contribution is 5.89. The highest BCUT2D eigenvalue weighted by Crippen LogP contribution is 2.34. The minimum absolute atomic E-state index is 0.246. The first-order valence-corrected chi connectivity index (χ1v) is 15.0. The Bertz CT molecular complexity index is 1530. The number of rotatable bonds is 12. The molecular formula is C35H37NO11. The molecule has 1 fully saturated rings. The number of aryl methyl sites for hydroxylation is 1. The predicted octanol–water partition coefficient (Wildman–Crippen LogP) is 3.08. The number of hydrogen-bond donors (Lipinski definition) is 7. The second-order valence-electron chi connectivity index (χ2n) is 11.2. The Labute approximate surface area is 270 Å². The van der Waals surface area contributed by atoms with Crippen molar-refractivity contribution in [3.63, 3.8) is 0 Å². The third kappa shape index (κ3) is 9.83. The molecule has 4 atom stereocenters. The largest absolute Gasteiger partial charge is 0.504 e. The Morgan fingerprint density at radius 1 is 0.745 bits per heavy atom. The summed E-state index contributed by atoms with van der Waals surface area (Å²) in [4.78, 5) is 38.6. The number of aliphatic hydroxyl groups excluding tert-OH is 1. The normalized spacial score (nSPS) is 21.0. The van der Waals surface area contributed by atoms with E-state index < -0.39 is 66.1 Å². The fourth-order valence-electron chi connectivity index (χ4n) is 5.10. The molecule has 1 aliphatic carbocycles. The summed E-state index contributed by atoms with van der Waals surface area (Å²) in [5, 5.41) is 63.5. The molecule has 3 aromatic carbocycles. The van der Waals surface area contributed by atoms with Gasteiger partial charge in [0.15, 0.2) is 23.0 Å². The van der Waals surface area contributed by atoms with Crippen molar-refractivity contribution in [2.75, 3.05) is 6.54 Å². The van der Waals surface area contributed by atoms with Crippen LogP contribution in [0.2, 0.25) is 0 Å². The number of hydrogen-bond acceptors (Lipinski definition) is 11. The number of ether oxygens (including phenoxy) is 2. The van der Waals surface area contributed by atoms with E-state index in [1.807, 2.05) is 30.3 Å². The number of nitrogens with one attached hydrogen (secondary N) is 1. The number of aromatic hydroxyl groups is 4. The average Bonchev–Trinajstić information content (AvgIpc) is 3.04. The fourth-order valence-corrected chi connectivity index (χ4v) is 5.10. The van der Waals surface area contributed by atoms with Crippen LogP contribution in [-0.2, 0) is 30.3 Å². The SMILES string of the molecule is O=C(C=Cc1ccc(O)c(O)c1)O[C@@H]1C[C@@](O)(C(=O)NCCCCc2ccccc2)C[C@@H](OC(=O)/C=C/c2ccc(O)c(O)c2)[C@H]1O. The fraction of sp³-hybridized carbons (Fsp3) is 0.286. The molecule has 1 amide bonds. The second kappa shape index (κ2) is 15.8. The number of carbonyl (C=O) groups excluding carboxylic acids is 3. The molecule has 0 heterocycles. The lowest BCUT2D eigenvalue weighted by Crippen LogP contribution is -2.60. The quantitative estimate of drug-likeness (QED) is 0.0659. The van der Waals surface area contributed by atoms with Gasteiger partial charge in [-0.1, -0.05) is 42.5 Å². The van der Waals surface area contributed by atoms with Gasteiger partial charge in [-0.2, -0.15) is 0 Å². The molecule has 0 radical (unpaired) electrons. The van der Waals surface area contributed by atoms with Crippen LogP contribution in [0.1, 0.15) is 42.4 Å². The zero-order valence-electron chi connectivity index (χ0n) is 25.4. The maximum atomic E-state index is 13.2. The van der Waals surface area contributed by atoms with Crippen LogP contribution in [0.5, 0.6) is 23.0 Å². The van der Waals surface area contributed by atoms with E-state index in [1.54, 1.807) is 0 Å². The Kier molecular flexibility index (Phi) is 11.6. The van der Waals surface area contributed by atoms with Crippen LogP contribution in [0, 0.1) is 0 Å². The van der Waals surface area contributed by atoms with E-state index in [2.05, 4.69) is 5.32 Å². The van der Waals surface area contributed by atoms with E-state index in [9.17, 15) is 45.0 Å². The average molecular weight is 648 g/mol. The van der Waals surface area contributed by atoms with Crippen molar-refractivity contribution in [3.8, 4) is 23.0 Å². The number of benzene rings is 3. The van der Waals surface area contributed by atoms with Crippen LogP contribution in [-0.4, -0.2) is 78.9 Å². The van der Waals surface area contributed by atoms with Gasteiger partial charge in [-0.15, -0.1) is 0 Å². The van der Waals surface area contributed by atoms with Gasteiger partial charge >= 0.3 is 11.9 Å². The van der Waals surface area contributed by atoms with Crippen molar-refractivity contribution in [1.82, 2.24) is 5.32 Å².